The van der Waals surface area contributed by atoms with Crippen molar-refractivity contribution in [1.82, 2.24) is 0 Å². The third kappa shape index (κ3) is 3.93. The summed E-state index contributed by atoms with van der Waals surface area (Å²) in [6.45, 7) is 0. The first-order chi connectivity index (χ1) is 12.9. The van der Waals surface area contributed by atoms with E-state index in [2.05, 4.69) is 5.32 Å². The lowest BCUT2D eigenvalue weighted by molar-refractivity contribution is -0.137. The molecular weight excluding hydrogens is 373 g/mol. The molecule has 0 bridgehead atoms. The minimum absolute atomic E-state index is 0.0341. The van der Waals surface area contributed by atoms with Crippen LogP contribution < -0.4 is 16.0 Å². The number of amides is 2. The topological polar surface area (TPSA) is 113 Å². The molecule has 1 aliphatic rings. The van der Waals surface area contributed by atoms with Crippen LogP contribution in [0.4, 0.5) is 21.5 Å². The predicted octanol–water partition coefficient (Wildman–Crippen LogP) is 2.20. The molecule has 2 aromatic rings. The summed E-state index contributed by atoms with van der Waals surface area (Å²) in [4.78, 5) is 37.5. The molecule has 1 unspecified atom stereocenters. The third-order valence-electron chi connectivity index (χ3n) is 3.93. The summed E-state index contributed by atoms with van der Waals surface area (Å²) in [7, 11) is 0. The first-order valence-corrected chi connectivity index (χ1v) is 9.13. The molecule has 9 heteroatoms. The van der Waals surface area contributed by atoms with Gasteiger partial charge >= 0.3 is 5.97 Å². The minimum atomic E-state index is -1.15. The van der Waals surface area contributed by atoms with E-state index in [0.717, 1.165) is 17.8 Å². The number of rotatable bonds is 5. The van der Waals surface area contributed by atoms with Gasteiger partial charge in [-0.25, -0.2) is 4.39 Å². The Balaban J connectivity index is 1.95. The highest BCUT2D eigenvalue weighted by molar-refractivity contribution is 8.00. The first kappa shape index (κ1) is 18.9. The monoisotopic (exact) mass is 389 g/mol. The van der Waals surface area contributed by atoms with Crippen molar-refractivity contribution in [3.63, 3.8) is 0 Å². The van der Waals surface area contributed by atoms with Crippen molar-refractivity contribution in [2.45, 2.75) is 6.04 Å². The number of aliphatic carboxylic acids is 1. The molecule has 4 N–H and O–H groups in total. The van der Waals surface area contributed by atoms with Crippen molar-refractivity contribution in [1.29, 1.82) is 0 Å². The number of para-hydroxylation sites is 2. The smallest absolute Gasteiger partial charge is 0.321 e. The van der Waals surface area contributed by atoms with Crippen LogP contribution in [0.2, 0.25) is 0 Å². The first-order valence-electron chi connectivity index (χ1n) is 7.97. The van der Waals surface area contributed by atoms with E-state index >= 15 is 0 Å². The number of hydrogen-bond acceptors (Lipinski definition) is 5. The number of fused-ring (bicyclic) bond motifs is 2. The van der Waals surface area contributed by atoms with Gasteiger partial charge in [0.25, 0.3) is 5.91 Å². The van der Waals surface area contributed by atoms with E-state index in [1.165, 1.54) is 17.0 Å². The molecule has 0 aliphatic carbocycles. The second-order valence-electron chi connectivity index (χ2n) is 5.82. The van der Waals surface area contributed by atoms with Crippen LogP contribution in [0, 0.1) is 5.82 Å². The fraction of sp³-hybridized carbons (Fsp3) is 0.167. The second-order valence-corrected chi connectivity index (χ2v) is 6.85. The SMILES string of the molecule is NC(CSCC(=O)N1c2ccccc2NC(=O)c2cc(F)ccc21)C(=O)O. The number of anilines is 3. The Kier molecular flexibility index (Phi) is 5.43. The number of nitrogens with one attached hydrogen (secondary N) is 1. The van der Waals surface area contributed by atoms with Crippen LogP contribution in [0.3, 0.4) is 0 Å². The number of carboxylic acids is 1. The van der Waals surface area contributed by atoms with Crippen LogP contribution in [0.25, 0.3) is 0 Å². The van der Waals surface area contributed by atoms with Gasteiger partial charge < -0.3 is 16.2 Å². The van der Waals surface area contributed by atoms with Gasteiger partial charge in [0.15, 0.2) is 0 Å². The molecule has 1 heterocycles. The lowest BCUT2D eigenvalue weighted by Crippen LogP contribution is -2.34. The molecule has 0 radical (unpaired) electrons. The van der Waals surface area contributed by atoms with Gasteiger partial charge in [-0.3, -0.25) is 19.3 Å². The van der Waals surface area contributed by atoms with E-state index in [1.807, 2.05) is 0 Å². The Labute approximate surface area is 158 Å². The highest BCUT2D eigenvalue weighted by Gasteiger charge is 2.29. The molecule has 2 amide bonds. The molecule has 0 aromatic heterocycles. The molecule has 0 spiro atoms. The van der Waals surface area contributed by atoms with Crippen LogP contribution in [0.5, 0.6) is 0 Å². The van der Waals surface area contributed by atoms with Gasteiger partial charge in [-0.05, 0) is 30.3 Å². The van der Waals surface area contributed by atoms with Gasteiger partial charge in [0.1, 0.15) is 11.9 Å². The van der Waals surface area contributed by atoms with E-state index in [-0.39, 0.29) is 28.7 Å². The van der Waals surface area contributed by atoms with E-state index in [9.17, 15) is 18.8 Å². The predicted molar refractivity (Wildman–Crippen MR) is 101 cm³/mol. The summed E-state index contributed by atoms with van der Waals surface area (Å²) < 4.78 is 13.7. The quantitative estimate of drug-likeness (QED) is 0.723. The molecule has 0 saturated heterocycles. The van der Waals surface area contributed by atoms with Crippen molar-refractivity contribution < 1.29 is 23.9 Å². The number of carboxylic acid groups (broad SMARTS) is 1. The average molecular weight is 389 g/mol. The highest BCUT2D eigenvalue weighted by Crippen LogP contribution is 2.38. The zero-order valence-electron chi connectivity index (χ0n) is 14.0. The fourth-order valence-electron chi connectivity index (χ4n) is 2.66. The van der Waals surface area contributed by atoms with Crippen LogP contribution in [0.15, 0.2) is 42.5 Å². The molecule has 1 atom stereocenters. The van der Waals surface area contributed by atoms with Crippen LogP contribution in [-0.4, -0.2) is 40.4 Å². The molecule has 0 saturated carbocycles. The maximum absolute atomic E-state index is 13.7. The Hall–Kier alpha value is -2.91. The summed E-state index contributed by atoms with van der Waals surface area (Å²) in [5.41, 5.74) is 6.61. The number of carbonyl (C=O) groups excluding carboxylic acids is 2. The standard InChI is InChI=1S/C18H16FN3O4S/c19-10-5-6-14-11(7-10)17(24)21-13-3-1-2-4-15(13)22(14)16(23)9-27-8-12(20)18(25)26/h1-7,12H,8-9,20H2,(H,21,24)(H,25,26). The third-order valence-corrected chi connectivity index (χ3v) is 4.97. The zero-order chi connectivity index (χ0) is 19.6. The van der Waals surface area contributed by atoms with Gasteiger partial charge in [0, 0.05) is 5.75 Å². The Morgan fingerprint density at radius 2 is 1.96 bits per heavy atom. The van der Waals surface area contributed by atoms with Gasteiger partial charge in [-0.2, -0.15) is 0 Å². The molecular formula is C18H16FN3O4S. The van der Waals surface area contributed by atoms with Crippen LogP contribution >= 0.6 is 11.8 Å². The number of halogens is 1. The van der Waals surface area contributed by atoms with E-state index < -0.39 is 23.7 Å². The number of carbonyl (C=O) groups is 3. The fourth-order valence-corrected chi connectivity index (χ4v) is 3.47. The minimum Gasteiger partial charge on any atom is -0.480 e. The molecule has 1 aliphatic heterocycles. The van der Waals surface area contributed by atoms with Crippen molar-refractivity contribution in [3.8, 4) is 0 Å². The average Bonchev–Trinajstić information content (AvgIpc) is 2.75. The number of nitrogens with zero attached hydrogens (tertiary/aromatic N) is 1. The normalized spacial score (nSPS) is 13.9. The largest absolute Gasteiger partial charge is 0.480 e. The Morgan fingerprint density at radius 3 is 2.70 bits per heavy atom. The summed E-state index contributed by atoms with van der Waals surface area (Å²) in [5.74, 6) is -2.64. The summed E-state index contributed by atoms with van der Waals surface area (Å²) in [6, 6.07) is 9.27. The molecule has 0 fully saturated rings. The van der Waals surface area contributed by atoms with Crippen molar-refractivity contribution in [3.05, 3.63) is 53.8 Å². The zero-order valence-corrected chi connectivity index (χ0v) is 14.8. The van der Waals surface area contributed by atoms with Crippen LogP contribution in [0.1, 0.15) is 10.4 Å². The number of nitrogens with two attached hydrogens (primary N) is 1. The van der Waals surface area contributed by atoms with E-state index in [1.54, 1.807) is 24.3 Å². The number of thioether (sulfide) groups is 1. The summed E-state index contributed by atoms with van der Waals surface area (Å²) in [5, 5.41) is 11.5. The second kappa shape index (κ2) is 7.77. The summed E-state index contributed by atoms with van der Waals surface area (Å²) >= 11 is 1.08. The van der Waals surface area contributed by atoms with Crippen molar-refractivity contribution in [2.75, 3.05) is 21.7 Å². The summed E-state index contributed by atoms with van der Waals surface area (Å²) in [6.07, 6.45) is 0. The van der Waals surface area contributed by atoms with E-state index in [4.69, 9.17) is 10.8 Å². The molecule has 2 aromatic carbocycles. The molecule has 7 nitrogen and oxygen atoms in total. The van der Waals surface area contributed by atoms with Gasteiger partial charge in [-0.1, -0.05) is 12.1 Å². The van der Waals surface area contributed by atoms with Crippen LogP contribution in [-0.2, 0) is 9.59 Å². The molecule has 27 heavy (non-hydrogen) atoms. The molecule has 140 valence electrons. The van der Waals surface area contributed by atoms with Gasteiger partial charge in [-0.15, -0.1) is 11.8 Å². The van der Waals surface area contributed by atoms with Crippen molar-refractivity contribution in [2.24, 2.45) is 5.73 Å². The maximum Gasteiger partial charge on any atom is 0.321 e. The lowest BCUT2D eigenvalue weighted by Gasteiger charge is -2.24. The van der Waals surface area contributed by atoms with Gasteiger partial charge in [0.2, 0.25) is 5.91 Å². The van der Waals surface area contributed by atoms with Gasteiger partial charge in [0.05, 0.1) is 28.4 Å². The number of hydrogen-bond donors (Lipinski definition) is 3. The highest BCUT2D eigenvalue weighted by atomic mass is 32.2. The Bertz CT molecular complexity index is 921. The Morgan fingerprint density at radius 1 is 1.22 bits per heavy atom. The van der Waals surface area contributed by atoms with E-state index in [0.29, 0.717) is 11.4 Å². The van der Waals surface area contributed by atoms with Crippen molar-refractivity contribution >= 4 is 46.6 Å². The molecule has 3 rings (SSSR count). The lowest BCUT2D eigenvalue weighted by atomic mass is 10.1. The maximum atomic E-state index is 13.7. The number of benzene rings is 2.